The van der Waals surface area contributed by atoms with E-state index in [4.69, 9.17) is 0 Å². The van der Waals surface area contributed by atoms with E-state index in [1.807, 2.05) is 25.1 Å². The highest BCUT2D eigenvalue weighted by Crippen LogP contribution is 2.26. The van der Waals surface area contributed by atoms with E-state index < -0.39 is 26.6 Å². The summed E-state index contributed by atoms with van der Waals surface area (Å²) in [5.74, 6) is -1.32. The minimum absolute atomic E-state index is 0. The first-order valence-corrected chi connectivity index (χ1v) is 12.7. The second kappa shape index (κ2) is 11.0. The standard InChI is InChI=1S/C24H30FN3O3S.ClH/c1-18-6-5-7-20(16-18)26-24(29)19-10-11-22(25)23(17-19)32(30,31)28-14-12-27(13-15-28)21-8-3-2-4-9-21;/h5-7,10-11,16-17,21H,2-4,8-9,12-15H2,1H3,(H,26,29);1H. The van der Waals surface area contributed by atoms with Crippen LogP contribution in [-0.2, 0) is 10.0 Å². The van der Waals surface area contributed by atoms with Crippen molar-refractivity contribution in [3.8, 4) is 0 Å². The van der Waals surface area contributed by atoms with Crippen LogP contribution < -0.4 is 5.32 Å². The van der Waals surface area contributed by atoms with E-state index in [0.717, 1.165) is 17.7 Å². The Hall–Kier alpha value is -2.00. The van der Waals surface area contributed by atoms with Crippen LogP contribution in [0.2, 0.25) is 0 Å². The van der Waals surface area contributed by atoms with Gasteiger partial charge < -0.3 is 5.32 Å². The molecule has 1 saturated carbocycles. The van der Waals surface area contributed by atoms with E-state index in [1.165, 1.54) is 42.5 Å². The Morgan fingerprint density at radius 1 is 1.00 bits per heavy atom. The molecule has 2 fully saturated rings. The van der Waals surface area contributed by atoms with E-state index in [9.17, 15) is 17.6 Å². The maximum absolute atomic E-state index is 14.6. The first kappa shape index (κ1) is 25.6. The van der Waals surface area contributed by atoms with Gasteiger partial charge in [-0.15, -0.1) is 12.4 Å². The van der Waals surface area contributed by atoms with Crippen LogP contribution >= 0.6 is 12.4 Å². The lowest BCUT2D eigenvalue weighted by molar-refractivity contribution is 0.102. The second-order valence-corrected chi connectivity index (χ2v) is 10.6. The van der Waals surface area contributed by atoms with Gasteiger partial charge in [-0.3, -0.25) is 9.69 Å². The van der Waals surface area contributed by atoms with Gasteiger partial charge in [-0.25, -0.2) is 12.8 Å². The number of benzene rings is 2. The predicted molar refractivity (Wildman–Crippen MR) is 130 cm³/mol. The summed E-state index contributed by atoms with van der Waals surface area (Å²) in [6.45, 7) is 3.88. The molecule has 1 saturated heterocycles. The summed E-state index contributed by atoms with van der Waals surface area (Å²) in [5.41, 5.74) is 1.69. The fourth-order valence-corrected chi connectivity index (χ4v) is 6.18. The number of amides is 1. The topological polar surface area (TPSA) is 69.7 Å². The molecule has 2 aromatic rings. The molecule has 33 heavy (non-hydrogen) atoms. The fourth-order valence-electron chi connectivity index (χ4n) is 4.66. The minimum Gasteiger partial charge on any atom is -0.322 e. The molecule has 0 aromatic heterocycles. The van der Waals surface area contributed by atoms with Gasteiger partial charge in [-0.2, -0.15) is 4.31 Å². The molecule has 0 radical (unpaired) electrons. The number of carbonyl (C=O) groups is 1. The fraction of sp³-hybridized carbons (Fsp3) is 0.458. The summed E-state index contributed by atoms with van der Waals surface area (Å²) < 4.78 is 42.3. The van der Waals surface area contributed by atoms with E-state index in [0.29, 0.717) is 37.9 Å². The number of rotatable bonds is 5. The zero-order valence-electron chi connectivity index (χ0n) is 18.8. The highest BCUT2D eigenvalue weighted by Gasteiger charge is 2.33. The SMILES string of the molecule is Cc1cccc(NC(=O)c2ccc(F)c(S(=O)(=O)N3CCN(C4CCCCC4)CC3)c2)c1.Cl. The number of carbonyl (C=O) groups excluding carboxylic acids is 1. The van der Waals surface area contributed by atoms with Crippen molar-refractivity contribution in [2.45, 2.75) is 50.0 Å². The van der Waals surface area contributed by atoms with Crippen LogP contribution in [0, 0.1) is 12.7 Å². The molecule has 1 heterocycles. The number of hydrogen-bond acceptors (Lipinski definition) is 4. The highest BCUT2D eigenvalue weighted by molar-refractivity contribution is 7.89. The van der Waals surface area contributed by atoms with Crippen LogP contribution in [0.1, 0.15) is 48.0 Å². The highest BCUT2D eigenvalue weighted by atomic mass is 35.5. The van der Waals surface area contributed by atoms with Crippen LogP contribution in [0.4, 0.5) is 10.1 Å². The summed E-state index contributed by atoms with van der Waals surface area (Å²) in [5, 5.41) is 2.74. The Labute approximate surface area is 201 Å². The van der Waals surface area contributed by atoms with Gasteiger partial charge >= 0.3 is 0 Å². The number of aryl methyl sites for hydroxylation is 1. The van der Waals surface area contributed by atoms with Crippen LogP contribution in [-0.4, -0.2) is 55.8 Å². The first-order chi connectivity index (χ1) is 15.3. The Kier molecular flexibility index (Phi) is 8.50. The van der Waals surface area contributed by atoms with Crippen molar-refractivity contribution in [1.82, 2.24) is 9.21 Å². The third-order valence-corrected chi connectivity index (χ3v) is 8.37. The molecule has 1 aliphatic heterocycles. The molecule has 0 bridgehead atoms. The number of nitrogens with one attached hydrogen (secondary N) is 1. The Morgan fingerprint density at radius 2 is 1.70 bits per heavy atom. The minimum atomic E-state index is -4.03. The van der Waals surface area contributed by atoms with Crippen molar-refractivity contribution in [3.05, 3.63) is 59.4 Å². The Balaban J connectivity index is 0.00000306. The molecule has 1 amide bonds. The maximum atomic E-state index is 14.6. The molecule has 0 atom stereocenters. The number of halogens is 2. The predicted octanol–water partition coefficient (Wildman–Crippen LogP) is 4.45. The van der Waals surface area contributed by atoms with Crippen LogP contribution in [0.15, 0.2) is 47.4 Å². The van der Waals surface area contributed by atoms with E-state index in [1.54, 1.807) is 6.07 Å². The molecular weight excluding hydrogens is 465 g/mol. The van der Waals surface area contributed by atoms with Crippen molar-refractivity contribution in [2.24, 2.45) is 0 Å². The number of piperazine rings is 1. The molecule has 0 unspecified atom stereocenters. The largest absolute Gasteiger partial charge is 0.322 e. The number of anilines is 1. The number of hydrogen-bond donors (Lipinski definition) is 1. The van der Waals surface area contributed by atoms with Crippen molar-refractivity contribution < 1.29 is 17.6 Å². The van der Waals surface area contributed by atoms with E-state index in [2.05, 4.69) is 10.2 Å². The molecule has 6 nitrogen and oxygen atoms in total. The normalized spacial score (nSPS) is 18.5. The molecule has 2 aromatic carbocycles. The lowest BCUT2D eigenvalue weighted by Crippen LogP contribution is -2.52. The smallest absolute Gasteiger partial charge is 0.255 e. The van der Waals surface area contributed by atoms with Gasteiger partial charge in [-0.05, 0) is 55.7 Å². The molecule has 1 aliphatic carbocycles. The molecule has 9 heteroatoms. The van der Waals surface area contributed by atoms with Crippen LogP contribution in [0.5, 0.6) is 0 Å². The maximum Gasteiger partial charge on any atom is 0.255 e. The first-order valence-electron chi connectivity index (χ1n) is 11.3. The summed E-state index contributed by atoms with van der Waals surface area (Å²) >= 11 is 0. The molecule has 180 valence electrons. The van der Waals surface area contributed by atoms with Gasteiger partial charge in [0.05, 0.1) is 0 Å². The lowest BCUT2D eigenvalue weighted by atomic mass is 9.94. The van der Waals surface area contributed by atoms with Crippen molar-refractivity contribution in [3.63, 3.8) is 0 Å². The molecule has 0 spiro atoms. The Morgan fingerprint density at radius 3 is 2.36 bits per heavy atom. The number of nitrogens with zero attached hydrogens (tertiary/aromatic N) is 2. The zero-order valence-corrected chi connectivity index (χ0v) is 20.4. The zero-order chi connectivity index (χ0) is 22.7. The summed E-state index contributed by atoms with van der Waals surface area (Å²) in [6.07, 6.45) is 6.06. The average molecular weight is 496 g/mol. The van der Waals surface area contributed by atoms with Crippen molar-refractivity contribution in [1.29, 1.82) is 0 Å². The summed E-state index contributed by atoms with van der Waals surface area (Å²) in [7, 11) is -4.03. The van der Waals surface area contributed by atoms with Gasteiger partial charge in [0.25, 0.3) is 5.91 Å². The van der Waals surface area contributed by atoms with E-state index >= 15 is 0 Å². The van der Waals surface area contributed by atoms with Gasteiger partial charge in [0.2, 0.25) is 10.0 Å². The van der Waals surface area contributed by atoms with Crippen molar-refractivity contribution in [2.75, 3.05) is 31.5 Å². The lowest BCUT2D eigenvalue weighted by Gasteiger charge is -2.40. The monoisotopic (exact) mass is 495 g/mol. The number of sulfonamides is 1. The van der Waals surface area contributed by atoms with Gasteiger partial charge in [0.1, 0.15) is 10.7 Å². The van der Waals surface area contributed by atoms with Crippen LogP contribution in [0.3, 0.4) is 0 Å². The van der Waals surface area contributed by atoms with E-state index in [-0.39, 0.29) is 18.0 Å². The van der Waals surface area contributed by atoms with Gasteiger partial charge in [-0.1, -0.05) is 31.4 Å². The Bertz CT molecular complexity index is 1080. The molecule has 4 rings (SSSR count). The second-order valence-electron chi connectivity index (χ2n) is 8.70. The van der Waals surface area contributed by atoms with Gasteiger partial charge in [0.15, 0.2) is 0 Å². The third kappa shape index (κ3) is 5.93. The average Bonchev–Trinajstić information content (AvgIpc) is 2.80. The molecular formula is C24H31ClFN3O3S. The quantitative estimate of drug-likeness (QED) is 0.665. The van der Waals surface area contributed by atoms with Crippen molar-refractivity contribution >= 4 is 34.0 Å². The summed E-state index contributed by atoms with van der Waals surface area (Å²) in [4.78, 5) is 14.6. The summed E-state index contributed by atoms with van der Waals surface area (Å²) in [6, 6.07) is 11.3. The molecule has 1 N–H and O–H groups in total. The van der Waals surface area contributed by atoms with Gasteiger partial charge in [0, 0.05) is 43.5 Å². The molecule has 2 aliphatic rings. The third-order valence-electron chi connectivity index (χ3n) is 6.45. The van der Waals surface area contributed by atoms with Crippen LogP contribution in [0.25, 0.3) is 0 Å².